The topological polar surface area (TPSA) is 26.0 Å². The molecule has 0 saturated carbocycles. The van der Waals surface area contributed by atoms with E-state index in [4.69, 9.17) is 0 Å². The van der Waals surface area contributed by atoms with Crippen LogP contribution in [0, 0.1) is 0 Å². The van der Waals surface area contributed by atoms with Gasteiger partial charge in [0.1, 0.15) is 6.04 Å². The second kappa shape index (κ2) is 2.87. The fourth-order valence-electron chi connectivity index (χ4n) is 0.313. The van der Waals surface area contributed by atoms with Crippen molar-refractivity contribution in [1.29, 1.82) is 0 Å². The summed E-state index contributed by atoms with van der Waals surface area (Å²) < 4.78 is 34.4. The van der Waals surface area contributed by atoms with Crippen molar-refractivity contribution >= 4 is 0 Å². The molecule has 0 aliphatic rings. The van der Waals surface area contributed by atoms with E-state index in [0.29, 0.717) is 0 Å². The normalized spacial score (nSPS) is 15.1. The Labute approximate surface area is 51.3 Å². The van der Waals surface area contributed by atoms with Gasteiger partial charge in [-0.1, -0.05) is 6.08 Å². The van der Waals surface area contributed by atoms with Crippen LogP contribution in [0.25, 0.3) is 0 Å². The van der Waals surface area contributed by atoms with Gasteiger partial charge < -0.3 is 5.73 Å². The van der Waals surface area contributed by atoms with Crippen LogP contribution in [0.3, 0.4) is 0 Å². The highest BCUT2D eigenvalue weighted by molar-refractivity contribution is 4.79. The highest BCUT2D eigenvalue weighted by atomic mass is 19.4. The molecule has 0 rings (SSSR count). The lowest BCUT2D eigenvalue weighted by Crippen LogP contribution is -2.36. The molecular formula is C5H8F3N. The van der Waals surface area contributed by atoms with Crippen molar-refractivity contribution < 1.29 is 13.2 Å². The molecule has 0 spiro atoms. The van der Waals surface area contributed by atoms with Crippen LogP contribution in [0.4, 0.5) is 13.2 Å². The Kier molecular flexibility index (Phi) is 2.70. The van der Waals surface area contributed by atoms with E-state index in [2.05, 4.69) is 12.3 Å². The molecule has 9 heavy (non-hydrogen) atoms. The Hall–Kier alpha value is -0.510. The summed E-state index contributed by atoms with van der Waals surface area (Å²) in [6.07, 6.45) is -3.35. The van der Waals surface area contributed by atoms with Crippen LogP contribution >= 0.6 is 0 Å². The van der Waals surface area contributed by atoms with Crippen molar-refractivity contribution in [3.63, 3.8) is 0 Å². The van der Waals surface area contributed by atoms with E-state index in [1.165, 1.54) is 0 Å². The summed E-state index contributed by atoms with van der Waals surface area (Å²) in [5.74, 6) is 0. The minimum Gasteiger partial charge on any atom is -0.320 e. The number of hydrogen-bond acceptors (Lipinski definition) is 1. The minimum atomic E-state index is -4.28. The Morgan fingerprint density at radius 1 is 1.56 bits per heavy atom. The van der Waals surface area contributed by atoms with E-state index in [9.17, 15) is 13.2 Å². The summed E-state index contributed by atoms with van der Waals surface area (Å²) in [5, 5.41) is 0. The Morgan fingerprint density at radius 2 is 2.00 bits per heavy atom. The predicted octanol–water partition coefficient (Wildman–Crippen LogP) is 1.45. The van der Waals surface area contributed by atoms with E-state index >= 15 is 0 Å². The molecule has 0 aliphatic heterocycles. The molecule has 1 unspecified atom stereocenters. The molecule has 0 aromatic heterocycles. The number of rotatable bonds is 2. The molecule has 0 radical (unpaired) electrons. The molecule has 0 aromatic rings. The largest absolute Gasteiger partial charge is 0.403 e. The summed E-state index contributed by atoms with van der Waals surface area (Å²) in [7, 11) is 0. The third-order valence-electron chi connectivity index (χ3n) is 0.841. The molecule has 0 saturated heterocycles. The van der Waals surface area contributed by atoms with Gasteiger partial charge in [-0.05, 0) is 6.42 Å². The maximum absolute atomic E-state index is 11.5. The number of alkyl halides is 3. The van der Waals surface area contributed by atoms with E-state index in [-0.39, 0.29) is 6.42 Å². The molecule has 0 amide bonds. The molecule has 0 bridgehead atoms. The number of halogens is 3. The molecule has 0 aliphatic carbocycles. The van der Waals surface area contributed by atoms with Gasteiger partial charge in [-0.3, -0.25) is 0 Å². The maximum Gasteiger partial charge on any atom is 0.403 e. The first-order valence-corrected chi connectivity index (χ1v) is 2.41. The van der Waals surface area contributed by atoms with Crippen LogP contribution in [0.5, 0.6) is 0 Å². The summed E-state index contributed by atoms with van der Waals surface area (Å²) in [4.78, 5) is 0. The van der Waals surface area contributed by atoms with Gasteiger partial charge in [0.2, 0.25) is 0 Å². The molecular weight excluding hydrogens is 131 g/mol. The Balaban J connectivity index is 3.72. The van der Waals surface area contributed by atoms with E-state index in [0.717, 1.165) is 6.08 Å². The molecule has 1 nitrogen and oxygen atoms in total. The van der Waals surface area contributed by atoms with Gasteiger partial charge >= 0.3 is 6.18 Å². The summed E-state index contributed by atoms with van der Waals surface area (Å²) in [5.41, 5.74) is 4.66. The smallest absolute Gasteiger partial charge is 0.320 e. The third kappa shape index (κ3) is 3.13. The fraction of sp³-hybridized carbons (Fsp3) is 0.600. The highest BCUT2D eigenvalue weighted by Crippen LogP contribution is 2.20. The lowest BCUT2D eigenvalue weighted by Gasteiger charge is -2.12. The van der Waals surface area contributed by atoms with E-state index < -0.39 is 12.2 Å². The van der Waals surface area contributed by atoms with Crippen molar-refractivity contribution in [1.82, 2.24) is 0 Å². The number of nitrogens with two attached hydrogens (primary N) is 1. The molecule has 1 atom stereocenters. The average molecular weight is 139 g/mol. The fourth-order valence-corrected chi connectivity index (χ4v) is 0.313. The second-order valence-electron chi connectivity index (χ2n) is 1.67. The van der Waals surface area contributed by atoms with Gasteiger partial charge in [0.25, 0.3) is 0 Å². The third-order valence-corrected chi connectivity index (χ3v) is 0.841. The first-order chi connectivity index (χ1) is 3.98. The molecule has 4 heteroatoms. The van der Waals surface area contributed by atoms with Crippen LogP contribution in [-0.4, -0.2) is 12.2 Å². The van der Waals surface area contributed by atoms with Crippen LogP contribution < -0.4 is 5.73 Å². The summed E-state index contributed by atoms with van der Waals surface area (Å²) in [6, 6.07) is -1.75. The summed E-state index contributed by atoms with van der Waals surface area (Å²) in [6.45, 7) is 3.13. The predicted molar refractivity (Wildman–Crippen MR) is 28.8 cm³/mol. The minimum absolute atomic E-state index is 0.219. The summed E-state index contributed by atoms with van der Waals surface area (Å²) >= 11 is 0. The zero-order valence-corrected chi connectivity index (χ0v) is 4.78. The zero-order valence-electron chi connectivity index (χ0n) is 4.78. The first kappa shape index (κ1) is 8.49. The van der Waals surface area contributed by atoms with Crippen molar-refractivity contribution in [3.8, 4) is 0 Å². The Morgan fingerprint density at radius 3 is 2.11 bits per heavy atom. The van der Waals surface area contributed by atoms with Gasteiger partial charge in [-0.2, -0.15) is 13.2 Å². The zero-order chi connectivity index (χ0) is 7.49. The van der Waals surface area contributed by atoms with Crippen molar-refractivity contribution in [2.75, 3.05) is 0 Å². The monoisotopic (exact) mass is 139 g/mol. The van der Waals surface area contributed by atoms with Crippen LogP contribution in [0.15, 0.2) is 12.7 Å². The molecule has 0 heterocycles. The SMILES string of the molecule is C=CCC(N)C(F)(F)F. The highest BCUT2D eigenvalue weighted by Gasteiger charge is 2.35. The lowest BCUT2D eigenvalue weighted by atomic mass is 10.2. The lowest BCUT2D eigenvalue weighted by molar-refractivity contribution is -0.146. The van der Waals surface area contributed by atoms with Gasteiger partial charge in [0.15, 0.2) is 0 Å². The van der Waals surface area contributed by atoms with Crippen molar-refractivity contribution in [2.24, 2.45) is 5.73 Å². The second-order valence-corrected chi connectivity index (χ2v) is 1.67. The van der Waals surface area contributed by atoms with Crippen molar-refractivity contribution in [3.05, 3.63) is 12.7 Å². The van der Waals surface area contributed by atoms with Gasteiger partial charge in [-0.25, -0.2) is 0 Å². The first-order valence-electron chi connectivity index (χ1n) is 2.41. The van der Waals surface area contributed by atoms with Crippen LogP contribution in [-0.2, 0) is 0 Å². The van der Waals surface area contributed by atoms with Gasteiger partial charge in [0.05, 0.1) is 0 Å². The number of hydrogen-bond donors (Lipinski definition) is 1. The average Bonchev–Trinajstić information content (AvgIpc) is 1.64. The molecule has 2 N–H and O–H groups in total. The molecule has 0 aromatic carbocycles. The quantitative estimate of drug-likeness (QED) is 0.576. The van der Waals surface area contributed by atoms with Crippen LogP contribution in [0.1, 0.15) is 6.42 Å². The van der Waals surface area contributed by atoms with E-state index in [1.54, 1.807) is 0 Å². The maximum atomic E-state index is 11.5. The van der Waals surface area contributed by atoms with Crippen LogP contribution in [0.2, 0.25) is 0 Å². The standard InChI is InChI=1S/C5H8F3N/c1-2-3-4(9)5(6,7)8/h2,4H,1,3,9H2. The van der Waals surface area contributed by atoms with E-state index in [1.807, 2.05) is 0 Å². The van der Waals surface area contributed by atoms with Crippen molar-refractivity contribution in [2.45, 2.75) is 18.6 Å². The van der Waals surface area contributed by atoms with Gasteiger partial charge in [0, 0.05) is 0 Å². The Bertz CT molecular complexity index is 96.9. The molecule has 0 fully saturated rings. The molecule has 54 valence electrons. The van der Waals surface area contributed by atoms with Gasteiger partial charge in [-0.15, -0.1) is 6.58 Å².